The summed E-state index contributed by atoms with van der Waals surface area (Å²) in [6.07, 6.45) is 6.11. The lowest BCUT2D eigenvalue weighted by Gasteiger charge is -2.32. The molecule has 2 aliphatic heterocycles. The minimum absolute atomic E-state index is 0.157. The van der Waals surface area contributed by atoms with Crippen LogP contribution in [0.1, 0.15) is 35.2 Å². The molecule has 1 amide bonds. The van der Waals surface area contributed by atoms with E-state index in [4.69, 9.17) is 10.5 Å². The first-order valence-corrected chi connectivity index (χ1v) is 9.17. The van der Waals surface area contributed by atoms with Crippen molar-refractivity contribution in [2.24, 2.45) is 0 Å². The zero-order valence-electron chi connectivity index (χ0n) is 14.5. The van der Waals surface area contributed by atoms with E-state index in [2.05, 4.69) is 27.0 Å². The van der Waals surface area contributed by atoms with Crippen molar-refractivity contribution in [3.05, 3.63) is 35.7 Å². The quantitative estimate of drug-likeness (QED) is 0.891. The van der Waals surface area contributed by atoms with Crippen LogP contribution < -0.4 is 20.3 Å². The van der Waals surface area contributed by atoms with Gasteiger partial charge in [-0.05, 0) is 49.4 Å². The lowest BCUT2D eigenvalue weighted by molar-refractivity contribution is 0.0990. The minimum atomic E-state index is -0.203. The number of amides is 1. The van der Waals surface area contributed by atoms with Gasteiger partial charge in [-0.15, -0.1) is 0 Å². The van der Waals surface area contributed by atoms with Crippen molar-refractivity contribution in [3.63, 3.8) is 0 Å². The summed E-state index contributed by atoms with van der Waals surface area (Å²) in [5.74, 6) is 0.220. The zero-order valence-corrected chi connectivity index (χ0v) is 14.5. The van der Waals surface area contributed by atoms with Crippen LogP contribution in [0.2, 0.25) is 0 Å². The minimum Gasteiger partial charge on any atom is -0.475 e. The standard InChI is InChI=1S/C19H21N5O2/c20-17-16-18(22-11-21-17)26-9-8-24(19(16)25)14-5-6-15-12(10-14)2-1-7-23(15)13-3-4-13/h5-6,10-11,13H,1-4,7-9H2,(H2,20,21,22). The first kappa shape index (κ1) is 15.4. The molecular formula is C19H21N5O2. The number of nitrogens with two attached hydrogens (primary N) is 1. The molecule has 0 unspecified atom stereocenters. The molecular weight excluding hydrogens is 330 g/mol. The van der Waals surface area contributed by atoms with Gasteiger partial charge in [-0.3, -0.25) is 4.79 Å². The van der Waals surface area contributed by atoms with E-state index in [1.165, 1.54) is 30.4 Å². The van der Waals surface area contributed by atoms with Gasteiger partial charge in [0, 0.05) is 24.0 Å². The Kier molecular flexibility index (Phi) is 3.48. The maximum Gasteiger partial charge on any atom is 0.267 e. The van der Waals surface area contributed by atoms with Gasteiger partial charge in [0.05, 0.1) is 6.54 Å². The Morgan fingerprint density at radius 1 is 1.19 bits per heavy atom. The van der Waals surface area contributed by atoms with Crippen molar-refractivity contribution in [1.82, 2.24) is 9.97 Å². The molecule has 0 radical (unpaired) electrons. The van der Waals surface area contributed by atoms with Crippen LogP contribution in [0.25, 0.3) is 0 Å². The number of hydrogen-bond donors (Lipinski definition) is 1. The molecule has 134 valence electrons. The summed E-state index contributed by atoms with van der Waals surface area (Å²) in [7, 11) is 0. The Hall–Kier alpha value is -2.83. The number of carbonyl (C=O) groups excluding carboxylic acids is 1. The normalized spacial score (nSPS) is 19.5. The van der Waals surface area contributed by atoms with E-state index in [-0.39, 0.29) is 23.2 Å². The molecule has 0 bridgehead atoms. The molecule has 2 N–H and O–H groups in total. The van der Waals surface area contributed by atoms with E-state index in [1.807, 2.05) is 6.07 Å². The molecule has 26 heavy (non-hydrogen) atoms. The number of nitrogen functional groups attached to an aromatic ring is 1. The largest absolute Gasteiger partial charge is 0.475 e. The van der Waals surface area contributed by atoms with E-state index in [0.29, 0.717) is 19.2 Å². The van der Waals surface area contributed by atoms with Crippen molar-refractivity contribution in [1.29, 1.82) is 0 Å². The fraction of sp³-hybridized carbons (Fsp3) is 0.421. The van der Waals surface area contributed by atoms with Gasteiger partial charge in [-0.2, -0.15) is 0 Å². The number of aromatic nitrogens is 2. The highest BCUT2D eigenvalue weighted by Crippen LogP contribution is 2.39. The molecule has 0 saturated heterocycles. The van der Waals surface area contributed by atoms with Crippen molar-refractivity contribution in [3.8, 4) is 5.88 Å². The molecule has 7 heteroatoms. The number of rotatable bonds is 2. The third-order valence-corrected chi connectivity index (χ3v) is 5.37. The van der Waals surface area contributed by atoms with Crippen molar-refractivity contribution in [2.45, 2.75) is 31.7 Å². The number of carbonyl (C=O) groups is 1. The van der Waals surface area contributed by atoms with Crippen LogP contribution >= 0.6 is 0 Å². The molecule has 0 atom stereocenters. The van der Waals surface area contributed by atoms with Gasteiger partial charge in [0.2, 0.25) is 5.88 Å². The molecule has 1 fully saturated rings. The van der Waals surface area contributed by atoms with E-state index >= 15 is 0 Å². The molecule has 1 aliphatic carbocycles. The Bertz CT molecular complexity index is 880. The van der Waals surface area contributed by atoms with Gasteiger partial charge in [-0.25, -0.2) is 9.97 Å². The molecule has 2 aromatic rings. The summed E-state index contributed by atoms with van der Waals surface area (Å²) in [5.41, 5.74) is 9.70. The van der Waals surface area contributed by atoms with Crippen LogP contribution in [-0.4, -0.2) is 41.6 Å². The predicted octanol–water partition coefficient (Wildman–Crippen LogP) is 2.01. The highest BCUT2D eigenvalue weighted by molar-refractivity contribution is 6.10. The SMILES string of the molecule is Nc1ncnc2c1C(=O)N(c1ccc3c(c1)CCCN3C1CC1)CCO2. The van der Waals surface area contributed by atoms with Gasteiger partial charge in [-0.1, -0.05) is 0 Å². The van der Waals surface area contributed by atoms with Crippen LogP contribution in [-0.2, 0) is 6.42 Å². The lowest BCUT2D eigenvalue weighted by Crippen LogP contribution is -2.34. The average Bonchev–Trinajstić information content (AvgIpc) is 3.49. The Morgan fingerprint density at radius 2 is 2.08 bits per heavy atom. The average molecular weight is 351 g/mol. The number of benzene rings is 1. The van der Waals surface area contributed by atoms with Crippen LogP contribution in [0.5, 0.6) is 5.88 Å². The second kappa shape index (κ2) is 5.86. The number of fused-ring (bicyclic) bond motifs is 2. The number of aryl methyl sites for hydroxylation is 1. The van der Waals surface area contributed by atoms with Crippen molar-refractivity contribution < 1.29 is 9.53 Å². The maximum atomic E-state index is 13.1. The summed E-state index contributed by atoms with van der Waals surface area (Å²) in [4.78, 5) is 25.3. The fourth-order valence-electron chi connectivity index (χ4n) is 3.96. The Balaban J connectivity index is 1.52. The molecule has 0 spiro atoms. The highest BCUT2D eigenvalue weighted by atomic mass is 16.5. The second-order valence-corrected chi connectivity index (χ2v) is 7.09. The first-order chi connectivity index (χ1) is 12.7. The van der Waals surface area contributed by atoms with E-state index in [0.717, 1.165) is 25.1 Å². The molecule has 7 nitrogen and oxygen atoms in total. The van der Waals surface area contributed by atoms with Gasteiger partial charge in [0.15, 0.2) is 0 Å². The number of nitrogens with zero attached hydrogens (tertiary/aromatic N) is 4. The summed E-state index contributed by atoms with van der Waals surface area (Å²) in [6.45, 7) is 1.97. The van der Waals surface area contributed by atoms with E-state index in [1.54, 1.807) is 4.90 Å². The van der Waals surface area contributed by atoms with Gasteiger partial charge >= 0.3 is 0 Å². The molecule has 1 saturated carbocycles. The maximum absolute atomic E-state index is 13.1. The van der Waals surface area contributed by atoms with Crippen LogP contribution in [0.4, 0.5) is 17.2 Å². The number of anilines is 3. The third kappa shape index (κ3) is 2.46. The van der Waals surface area contributed by atoms with Crippen LogP contribution in [0.3, 0.4) is 0 Å². The van der Waals surface area contributed by atoms with Gasteiger partial charge in [0.1, 0.15) is 24.3 Å². The highest BCUT2D eigenvalue weighted by Gasteiger charge is 2.33. The van der Waals surface area contributed by atoms with Gasteiger partial charge in [0.25, 0.3) is 5.91 Å². The lowest BCUT2D eigenvalue weighted by atomic mass is 10.00. The topological polar surface area (TPSA) is 84.6 Å². The number of ether oxygens (including phenoxy) is 1. The molecule has 1 aromatic carbocycles. The number of hydrogen-bond acceptors (Lipinski definition) is 6. The van der Waals surface area contributed by atoms with Crippen molar-refractivity contribution in [2.75, 3.05) is 35.2 Å². The van der Waals surface area contributed by atoms with Crippen LogP contribution in [0, 0.1) is 0 Å². The molecule has 3 heterocycles. The summed E-state index contributed by atoms with van der Waals surface area (Å²) in [5, 5.41) is 0. The third-order valence-electron chi connectivity index (χ3n) is 5.37. The fourth-order valence-corrected chi connectivity index (χ4v) is 3.96. The summed E-state index contributed by atoms with van der Waals surface area (Å²) < 4.78 is 5.62. The summed E-state index contributed by atoms with van der Waals surface area (Å²) in [6, 6.07) is 7.04. The smallest absolute Gasteiger partial charge is 0.267 e. The second-order valence-electron chi connectivity index (χ2n) is 7.09. The van der Waals surface area contributed by atoms with Crippen LogP contribution in [0.15, 0.2) is 24.5 Å². The van der Waals surface area contributed by atoms with Gasteiger partial charge < -0.3 is 20.3 Å². The predicted molar refractivity (Wildman–Crippen MR) is 98.7 cm³/mol. The summed E-state index contributed by atoms with van der Waals surface area (Å²) >= 11 is 0. The Labute approximate surface area is 151 Å². The van der Waals surface area contributed by atoms with E-state index < -0.39 is 0 Å². The Morgan fingerprint density at radius 3 is 2.92 bits per heavy atom. The van der Waals surface area contributed by atoms with E-state index in [9.17, 15) is 4.79 Å². The van der Waals surface area contributed by atoms with Crippen molar-refractivity contribution >= 4 is 23.1 Å². The monoisotopic (exact) mass is 351 g/mol. The molecule has 1 aromatic heterocycles. The zero-order chi connectivity index (χ0) is 17.7. The molecule has 3 aliphatic rings. The first-order valence-electron chi connectivity index (χ1n) is 9.17. The molecule has 5 rings (SSSR count).